The number of fused-ring (bicyclic) bond motifs is 2. The summed E-state index contributed by atoms with van der Waals surface area (Å²) in [6.45, 7) is 2.01. The van der Waals surface area contributed by atoms with E-state index in [4.69, 9.17) is 4.98 Å². The number of rotatable bonds is 4. The van der Waals surface area contributed by atoms with Crippen molar-refractivity contribution in [2.24, 2.45) is 0 Å². The Labute approximate surface area is 180 Å². The van der Waals surface area contributed by atoms with Crippen molar-refractivity contribution >= 4 is 21.2 Å². The number of nitrogens with one attached hydrogen (secondary N) is 1. The Bertz CT molecular complexity index is 1420. The van der Waals surface area contributed by atoms with Gasteiger partial charge in [0, 0.05) is 36.0 Å². The van der Waals surface area contributed by atoms with Crippen LogP contribution in [0.1, 0.15) is 24.0 Å². The third-order valence-electron chi connectivity index (χ3n) is 6.16. The van der Waals surface area contributed by atoms with Gasteiger partial charge in [0.1, 0.15) is 5.52 Å². The van der Waals surface area contributed by atoms with Crippen molar-refractivity contribution in [3.63, 3.8) is 0 Å². The van der Waals surface area contributed by atoms with Crippen LogP contribution in [0.25, 0.3) is 33.5 Å². The van der Waals surface area contributed by atoms with Crippen LogP contribution in [0, 0.1) is 0 Å². The molecule has 1 aliphatic carbocycles. The first-order valence-electron chi connectivity index (χ1n) is 10.4. The quantitative estimate of drug-likeness (QED) is 0.531. The molecule has 4 heterocycles. The van der Waals surface area contributed by atoms with Gasteiger partial charge in [-0.25, -0.2) is 18.4 Å². The fourth-order valence-electron chi connectivity index (χ4n) is 4.21. The predicted octanol–water partition coefficient (Wildman–Crippen LogP) is 2.82. The number of aromatic amines is 1. The van der Waals surface area contributed by atoms with E-state index in [0.29, 0.717) is 29.6 Å². The number of benzene rings is 1. The summed E-state index contributed by atoms with van der Waals surface area (Å²) in [5.74, 6) is 0. The van der Waals surface area contributed by atoms with Gasteiger partial charge >= 0.3 is 0 Å². The van der Waals surface area contributed by atoms with Crippen molar-refractivity contribution in [3.05, 3.63) is 54.1 Å². The number of hydrogen-bond donors (Lipinski definition) is 1. The normalized spacial score (nSPS) is 17.2. The van der Waals surface area contributed by atoms with E-state index in [1.807, 2.05) is 0 Å². The SMILES string of the molecule is CN1CCc2ccc(-c3cnc4[nH]cc(-c5cnn(S(=O)(=O)C6CC6)c5)c4n3)cc2C1. The summed E-state index contributed by atoms with van der Waals surface area (Å²) in [6, 6.07) is 6.49. The summed E-state index contributed by atoms with van der Waals surface area (Å²) in [5.41, 5.74) is 7.40. The molecule has 1 fully saturated rings. The Kier molecular flexibility index (Phi) is 4.06. The highest BCUT2D eigenvalue weighted by Gasteiger charge is 2.37. The highest BCUT2D eigenvalue weighted by Crippen LogP contribution is 2.32. The van der Waals surface area contributed by atoms with Crippen LogP contribution in [0.15, 0.2) is 43.0 Å². The van der Waals surface area contributed by atoms with Crippen LogP contribution < -0.4 is 0 Å². The highest BCUT2D eigenvalue weighted by molar-refractivity contribution is 7.90. The first kappa shape index (κ1) is 18.7. The lowest BCUT2D eigenvalue weighted by Gasteiger charge is -2.25. The van der Waals surface area contributed by atoms with E-state index in [1.165, 1.54) is 11.1 Å². The molecule has 0 atom stereocenters. The van der Waals surface area contributed by atoms with Gasteiger partial charge in [0.2, 0.25) is 0 Å². The second-order valence-electron chi connectivity index (χ2n) is 8.47. The van der Waals surface area contributed by atoms with Crippen molar-refractivity contribution in [1.29, 1.82) is 0 Å². The summed E-state index contributed by atoms with van der Waals surface area (Å²) in [4.78, 5) is 14.9. The Morgan fingerprint density at radius 2 is 2.00 bits per heavy atom. The van der Waals surface area contributed by atoms with Crippen LogP contribution in [0.4, 0.5) is 0 Å². The molecule has 2 aliphatic rings. The van der Waals surface area contributed by atoms with E-state index in [9.17, 15) is 8.42 Å². The second-order valence-corrected chi connectivity index (χ2v) is 10.5. The second kappa shape index (κ2) is 6.73. The molecule has 1 saturated carbocycles. The van der Waals surface area contributed by atoms with E-state index in [0.717, 1.165) is 40.4 Å². The topological polar surface area (TPSA) is 96.8 Å². The van der Waals surface area contributed by atoms with Crippen molar-refractivity contribution in [2.75, 3.05) is 13.6 Å². The third-order valence-corrected chi connectivity index (χ3v) is 8.20. The number of nitrogens with zero attached hydrogens (tertiary/aromatic N) is 5. The number of likely N-dealkylation sites (N-methyl/N-ethyl adjacent to an activating group) is 1. The van der Waals surface area contributed by atoms with Crippen molar-refractivity contribution in [3.8, 4) is 22.4 Å². The number of H-pyrrole nitrogens is 1. The van der Waals surface area contributed by atoms with Gasteiger partial charge in [0.05, 0.1) is 29.5 Å². The van der Waals surface area contributed by atoms with Gasteiger partial charge in [-0.05, 0) is 43.5 Å². The van der Waals surface area contributed by atoms with E-state index in [1.54, 1.807) is 24.8 Å². The minimum Gasteiger partial charge on any atom is -0.344 e. The van der Waals surface area contributed by atoms with Gasteiger partial charge in [-0.1, -0.05) is 12.1 Å². The third kappa shape index (κ3) is 3.16. The zero-order valence-electron chi connectivity index (χ0n) is 17.1. The maximum absolute atomic E-state index is 12.5. The lowest BCUT2D eigenvalue weighted by atomic mass is 9.97. The Morgan fingerprint density at radius 3 is 2.84 bits per heavy atom. The summed E-state index contributed by atoms with van der Waals surface area (Å²) < 4.78 is 26.1. The Hall–Kier alpha value is -3.04. The molecule has 158 valence electrons. The van der Waals surface area contributed by atoms with Gasteiger partial charge in [-0.2, -0.15) is 9.19 Å². The maximum atomic E-state index is 12.5. The molecule has 31 heavy (non-hydrogen) atoms. The molecule has 1 N–H and O–H groups in total. The molecule has 0 bridgehead atoms. The van der Waals surface area contributed by atoms with E-state index in [-0.39, 0.29) is 5.25 Å². The molecular weight excluding hydrogens is 412 g/mol. The largest absolute Gasteiger partial charge is 0.344 e. The average Bonchev–Trinajstić information content (AvgIpc) is 3.37. The molecular formula is C22H22N6O2S. The lowest BCUT2D eigenvalue weighted by Crippen LogP contribution is -2.26. The predicted molar refractivity (Wildman–Crippen MR) is 118 cm³/mol. The van der Waals surface area contributed by atoms with E-state index >= 15 is 0 Å². The van der Waals surface area contributed by atoms with E-state index in [2.05, 4.69) is 45.2 Å². The first-order valence-corrected chi connectivity index (χ1v) is 11.9. The van der Waals surface area contributed by atoms with Crippen molar-refractivity contribution in [1.82, 2.24) is 29.0 Å². The minimum absolute atomic E-state index is 0.308. The average molecular weight is 435 g/mol. The van der Waals surface area contributed by atoms with Crippen LogP contribution in [0.3, 0.4) is 0 Å². The first-order chi connectivity index (χ1) is 15.0. The maximum Gasteiger partial charge on any atom is 0.256 e. The van der Waals surface area contributed by atoms with Gasteiger partial charge in [0.25, 0.3) is 10.0 Å². The summed E-state index contributed by atoms with van der Waals surface area (Å²) in [6.07, 6.45) is 9.20. The molecule has 3 aromatic heterocycles. The fraction of sp³-hybridized carbons (Fsp3) is 0.318. The molecule has 9 heteroatoms. The Morgan fingerprint density at radius 1 is 1.13 bits per heavy atom. The van der Waals surface area contributed by atoms with Gasteiger partial charge < -0.3 is 9.88 Å². The minimum atomic E-state index is -3.40. The zero-order valence-corrected chi connectivity index (χ0v) is 17.9. The lowest BCUT2D eigenvalue weighted by molar-refractivity contribution is 0.313. The van der Waals surface area contributed by atoms with E-state index < -0.39 is 10.0 Å². The molecule has 1 aromatic carbocycles. The standard InChI is InChI=1S/C22H22N6O2S/c1-27-7-6-14-2-3-15(8-16(14)12-27)20-11-24-22-21(26-20)19(10-23-22)17-9-25-28(13-17)31(29,30)18-4-5-18/h2-3,8-11,13,18H,4-7,12H2,1H3,(H,23,24). The van der Waals surface area contributed by atoms with Gasteiger partial charge in [-0.15, -0.1) is 0 Å². The zero-order chi connectivity index (χ0) is 21.2. The molecule has 8 nitrogen and oxygen atoms in total. The molecule has 0 saturated heterocycles. The molecule has 6 rings (SSSR count). The van der Waals surface area contributed by atoms with Gasteiger partial charge in [0.15, 0.2) is 5.65 Å². The smallest absolute Gasteiger partial charge is 0.256 e. The fourth-order valence-corrected chi connectivity index (χ4v) is 5.69. The van der Waals surface area contributed by atoms with Crippen LogP contribution in [-0.4, -0.2) is 56.3 Å². The molecule has 4 aromatic rings. The summed E-state index contributed by atoms with van der Waals surface area (Å²) in [5, 5.41) is 3.80. The Balaban J connectivity index is 1.40. The monoisotopic (exact) mass is 434 g/mol. The summed E-state index contributed by atoms with van der Waals surface area (Å²) >= 11 is 0. The van der Waals surface area contributed by atoms with Crippen LogP contribution in [0.5, 0.6) is 0 Å². The van der Waals surface area contributed by atoms with Gasteiger partial charge in [-0.3, -0.25) is 0 Å². The molecule has 0 amide bonds. The molecule has 0 spiro atoms. The number of hydrogen-bond acceptors (Lipinski definition) is 6. The highest BCUT2D eigenvalue weighted by atomic mass is 32.2. The van der Waals surface area contributed by atoms with Crippen molar-refractivity contribution < 1.29 is 8.42 Å². The number of aromatic nitrogens is 5. The molecule has 0 radical (unpaired) electrons. The van der Waals surface area contributed by atoms with Crippen LogP contribution in [0.2, 0.25) is 0 Å². The van der Waals surface area contributed by atoms with Crippen LogP contribution >= 0.6 is 0 Å². The van der Waals surface area contributed by atoms with Crippen molar-refractivity contribution in [2.45, 2.75) is 31.1 Å². The molecule has 1 aliphatic heterocycles. The van der Waals surface area contributed by atoms with Crippen LogP contribution in [-0.2, 0) is 23.0 Å². The summed E-state index contributed by atoms with van der Waals surface area (Å²) in [7, 11) is -1.26. The molecule has 0 unspecified atom stereocenters.